The van der Waals surface area contributed by atoms with Gasteiger partial charge in [-0.05, 0) is 43.9 Å². The lowest BCUT2D eigenvalue weighted by Gasteiger charge is -2.46. The van der Waals surface area contributed by atoms with Gasteiger partial charge in [0.2, 0.25) is 5.91 Å². The van der Waals surface area contributed by atoms with E-state index in [0.717, 1.165) is 5.56 Å². The number of carbonyl (C=O) groups excluding carboxylic acids is 1. The van der Waals surface area contributed by atoms with Crippen molar-refractivity contribution in [2.45, 2.75) is 50.4 Å². The lowest BCUT2D eigenvalue weighted by atomic mass is 9.86. The summed E-state index contributed by atoms with van der Waals surface area (Å²) in [5.74, 6) is 0.693. The van der Waals surface area contributed by atoms with Crippen LogP contribution >= 0.6 is 0 Å². The first-order chi connectivity index (χ1) is 13.2. The maximum Gasteiger partial charge on any atom is 0.219 e. The molecule has 0 spiro atoms. The molecule has 1 aromatic rings. The lowest BCUT2D eigenvalue weighted by Crippen LogP contribution is -2.62. The van der Waals surface area contributed by atoms with Crippen LogP contribution in [-0.2, 0) is 4.79 Å². The number of rotatable bonds is 5. The number of amides is 1. The third-order valence-corrected chi connectivity index (χ3v) is 5.97. The molecule has 0 saturated carbocycles. The van der Waals surface area contributed by atoms with Gasteiger partial charge in [-0.25, -0.2) is 0 Å². The van der Waals surface area contributed by atoms with E-state index in [9.17, 15) is 20.1 Å². The summed E-state index contributed by atoms with van der Waals surface area (Å²) in [6.07, 6.45) is 0.583. The highest BCUT2D eigenvalue weighted by Gasteiger charge is 2.44. The number of hydrogen-bond donors (Lipinski definition) is 3. The van der Waals surface area contributed by atoms with Crippen molar-refractivity contribution < 1.29 is 24.9 Å². The van der Waals surface area contributed by atoms with Crippen molar-refractivity contribution in [2.24, 2.45) is 0 Å². The summed E-state index contributed by atoms with van der Waals surface area (Å²) in [5, 5.41) is 32.3. The molecule has 7 heteroatoms. The van der Waals surface area contributed by atoms with Crippen LogP contribution in [0.15, 0.2) is 24.3 Å². The number of benzene rings is 1. The van der Waals surface area contributed by atoms with Gasteiger partial charge in [0.1, 0.15) is 18.0 Å². The SMILES string of the molecule is CC(=O)N1CCC(O)(CN2CC[C@H](O)[C@@](O)(COc3cccc(C)c3)C2)CC1. The molecule has 0 radical (unpaired) electrons. The van der Waals surface area contributed by atoms with Crippen molar-refractivity contribution >= 4 is 5.91 Å². The first-order valence-electron chi connectivity index (χ1n) is 9.99. The molecule has 7 nitrogen and oxygen atoms in total. The molecule has 2 saturated heterocycles. The highest BCUT2D eigenvalue weighted by Crippen LogP contribution is 2.28. The standard InChI is InChI=1S/C21H32N2O5/c1-16-4-3-5-18(12-16)28-15-21(27)14-22(9-6-19(21)25)13-20(26)7-10-23(11-8-20)17(2)24/h3-5,12,19,25-27H,6-11,13-15H2,1-2H3/t19-,21-/m0/s1. The van der Waals surface area contributed by atoms with E-state index in [4.69, 9.17) is 4.74 Å². The molecule has 0 aromatic heterocycles. The molecule has 2 aliphatic heterocycles. The van der Waals surface area contributed by atoms with Crippen molar-refractivity contribution in [2.75, 3.05) is 39.3 Å². The van der Waals surface area contributed by atoms with Crippen LogP contribution in [0.2, 0.25) is 0 Å². The fraction of sp³-hybridized carbons (Fsp3) is 0.667. The molecule has 2 heterocycles. The van der Waals surface area contributed by atoms with Crippen LogP contribution in [0.3, 0.4) is 0 Å². The predicted molar refractivity (Wildman–Crippen MR) is 105 cm³/mol. The first kappa shape index (κ1) is 21.0. The zero-order chi connectivity index (χ0) is 20.4. The fourth-order valence-corrected chi connectivity index (χ4v) is 4.15. The Morgan fingerprint density at radius 3 is 2.61 bits per heavy atom. The van der Waals surface area contributed by atoms with Crippen molar-refractivity contribution in [1.29, 1.82) is 0 Å². The second-order valence-electron chi connectivity index (χ2n) is 8.45. The molecule has 28 heavy (non-hydrogen) atoms. The van der Waals surface area contributed by atoms with Crippen LogP contribution in [0, 0.1) is 6.92 Å². The topological polar surface area (TPSA) is 93.5 Å². The first-order valence-corrected chi connectivity index (χ1v) is 9.99. The number of carbonyl (C=O) groups is 1. The minimum Gasteiger partial charge on any atom is -0.490 e. The van der Waals surface area contributed by atoms with Crippen LogP contribution in [0.1, 0.15) is 31.7 Å². The van der Waals surface area contributed by atoms with Crippen LogP contribution < -0.4 is 4.74 Å². The quantitative estimate of drug-likeness (QED) is 0.678. The van der Waals surface area contributed by atoms with Gasteiger partial charge in [0.05, 0.1) is 11.7 Å². The lowest BCUT2D eigenvalue weighted by molar-refractivity contribution is -0.152. The average molecular weight is 392 g/mol. The minimum absolute atomic E-state index is 0.00926. The number of aryl methyl sites for hydroxylation is 1. The van der Waals surface area contributed by atoms with Crippen molar-refractivity contribution in [3.05, 3.63) is 29.8 Å². The summed E-state index contributed by atoms with van der Waals surface area (Å²) in [6.45, 7) is 5.85. The monoisotopic (exact) mass is 392 g/mol. The van der Waals surface area contributed by atoms with Crippen LogP contribution in [0.4, 0.5) is 0 Å². The zero-order valence-electron chi connectivity index (χ0n) is 16.8. The molecule has 156 valence electrons. The maximum atomic E-state index is 11.5. The fourth-order valence-electron chi connectivity index (χ4n) is 4.15. The smallest absolute Gasteiger partial charge is 0.219 e. The van der Waals surface area contributed by atoms with E-state index in [1.54, 1.807) is 11.8 Å². The molecule has 1 amide bonds. The molecule has 0 unspecified atom stereocenters. The molecule has 1 aromatic carbocycles. The van der Waals surface area contributed by atoms with E-state index in [2.05, 4.69) is 0 Å². The van der Waals surface area contributed by atoms with Crippen molar-refractivity contribution in [3.63, 3.8) is 0 Å². The van der Waals surface area contributed by atoms with Crippen LogP contribution in [0.25, 0.3) is 0 Å². The molecule has 0 aliphatic carbocycles. The largest absolute Gasteiger partial charge is 0.490 e. The molecular weight excluding hydrogens is 360 g/mol. The highest BCUT2D eigenvalue weighted by atomic mass is 16.5. The van der Waals surface area contributed by atoms with E-state index in [1.807, 2.05) is 36.1 Å². The molecule has 3 N–H and O–H groups in total. The van der Waals surface area contributed by atoms with Gasteiger partial charge in [-0.3, -0.25) is 9.69 Å². The summed E-state index contributed by atoms with van der Waals surface area (Å²) in [6, 6.07) is 7.58. The number of likely N-dealkylation sites (tertiary alicyclic amines) is 2. The van der Waals surface area contributed by atoms with Gasteiger partial charge in [0, 0.05) is 39.6 Å². The minimum atomic E-state index is -1.39. The Morgan fingerprint density at radius 1 is 1.25 bits per heavy atom. The van der Waals surface area contributed by atoms with Crippen molar-refractivity contribution in [1.82, 2.24) is 9.80 Å². The van der Waals surface area contributed by atoms with E-state index in [0.29, 0.717) is 51.2 Å². The highest BCUT2D eigenvalue weighted by molar-refractivity contribution is 5.73. The number of hydrogen-bond acceptors (Lipinski definition) is 6. The average Bonchev–Trinajstić information content (AvgIpc) is 2.63. The van der Waals surface area contributed by atoms with Gasteiger partial charge in [-0.1, -0.05) is 12.1 Å². The predicted octanol–water partition coefficient (Wildman–Crippen LogP) is 0.545. The number of β-amino-alcohol motifs (C(OH)–C–C–N with tert-alkyl or cyclic N) is 2. The summed E-state index contributed by atoms with van der Waals surface area (Å²) in [5.41, 5.74) is -1.21. The Bertz CT molecular complexity index is 689. The van der Waals surface area contributed by atoms with Crippen molar-refractivity contribution in [3.8, 4) is 5.75 Å². The van der Waals surface area contributed by atoms with Crippen LogP contribution in [0.5, 0.6) is 5.75 Å². The normalized spacial score (nSPS) is 28.2. The van der Waals surface area contributed by atoms with Gasteiger partial charge in [-0.15, -0.1) is 0 Å². The number of ether oxygens (including phenoxy) is 1. The maximum absolute atomic E-state index is 11.5. The number of aliphatic hydroxyl groups is 3. The number of aliphatic hydroxyl groups excluding tert-OH is 1. The molecule has 3 rings (SSSR count). The molecule has 2 fully saturated rings. The molecule has 0 bridgehead atoms. The van der Waals surface area contributed by atoms with Crippen LogP contribution in [-0.4, -0.2) is 87.7 Å². The molecule has 2 aliphatic rings. The van der Waals surface area contributed by atoms with E-state index in [-0.39, 0.29) is 19.1 Å². The number of piperidine rings is 2. The third-order valence-electron chi connectivity index (χ3n) is 5.97. The van der Waals surface area contributed by atoms with E-state index >= 15 is 0 Å². The summed E-state index contributed by atoms with van der Waals surface area (Å²) < 4.78 is 5.76. The zero-order valence-corrected chi connectivity index (χ0v) is 16.8. The van der Waals surface area contributed by atoms with Gasteiger partial charge in [0.15, 0.2) is 0 Å². The van der Waals surface area contributed by atoms with Gasteiger partial charge >= 0.3 is 0 Å². The molecular formula is C21H32N2O5. The van der Waals surface area contributed by atoms with Gasteiger partial charge < -0.3 is 25.0 Å². The molecule has 2 atom stereocenters. The van der Waals surface area contributed by atoms with Gasteiger partial charge in [0.25, 0.3) is 0 Å². The summed E-state index contributed by atoms with van der Waals surface area (Å²) in [4.78, 5) is 15.2. The van der Waals surface area contributed by atoms with Gasteiger partial charge in [-0.2, -0.15) is 0 Å². The summed E-state index contributed by atoms with van der Waals surface area (Å²) >= 11 is 0. The van der Waals surface area contributed by atoms with E-state index < -0.39 is 17.3 Å². The number of nitrogens with zero attached hydrogens (tertiary/aromatic N) is 2. The Labute approximate surface area is 166 Å². The summed E-state index contributed by atoms with van der Waals surface area (Å²) in [7, 11) is 0. The Morgan fingerprint density at radius 2 is 1.96 bits per heavy atom. The second kappa shape index (κ2) is 8.37. The Kier molecular flexibility index (Phi) is 6.29. The Hall–Kier alpha value is -1.67. The second-order valence-corrected chi connectivity index (χ2v) is 8.45. The van der Waals surface area contributed by atoms with E-state index in [1.165, 1.54) is 0 Å². The third kappa shape index (κ3) is 5.03. The Balaban J connectivity index is 1.58.